The van der Waals surface area contributed by atoms with Gasteiger partial charge in [-0.25, -0.2) is 0 Å². The first-order chi connectivity index (χ1) is 5.81. The van der Waals surface area contributed by atoms with Gasteiger partial charge >= 0.3 is 0 Å². The second-order valence-corrected chi connectivity index (χ2v) is 4.57. The Kier molecular flexibility index (Phi) is 5.53. The molecule has 0 aliphatic heterocycles. The predicted octanol–water partition coefficient (Wildman–Crippen LogP) is 1.11. The number of nitrogens with zero attached hydrogens (tertiary/aromatic N) is 1. The number of hydrogen-bond acceptors (Lipinski definition) is 3. The third-order valence-electron chi connectivity index (χ3n) is 1.58. The van der Waals surface area contributed by atoms with Crippen LogP contribution in [0.1, 0.15) is 27.7 Å². The molecule has 0 spiro atoms. The molecule has 0 aromatic carbocycles. The number of ether oxygens (including phenoxy) is 1. The standard InChI is InChI=1S/C10H23NO2/c1-9(12)8-11(5)6-7-13-10(2,3)4/h9,12H,6-8H2,1-5H3. The van der Waals surface area contributed by atoms with E-state index in [2.05, 4.69) is 4.90 Å². The van der Waals surface area contributed by atoms with Crippen molar-refractivity contribution in [2.75, 3.05) is 26.7 Å². The summed E-state index contributed by atoms with van der Waals surface area (Å²) in [7, 11) is 1.98. The minimum absolute atomic E-state index is 0.0638. The second kappa shape index (κ2) is 5.58. The number of aliphatic hydroxyl groups excluding tert-OH is 1. The molecule has 13 heavy (non-hydrogen) atoms. The highest BCUT2D eigenvalue weighted by Crippen LogP contribution is 2.05. The summed E-state index contributed by atoms with van der Waals surface area (Å²) in [6.07, 6.45) is -0.264. The van der Waals surface area contributed by atoms with Crippen molar-refractivity contribution in [1.29, 1.82) is 0 Å². The lowest BCUT2D eigenvalue weighted by molar-refractivity contribution is -0.0135. The van der Waals surface area contributed by atoms with Crippen LogP contribution >= 0.6 is 0 Å². The van der Waals surface area contributed by atoms with Gasteiger partial charge in [0.25, 0.3) is 0 Å². The largest absolute Gasteiger partial charge is 0.392 e. The summed E-state index contributed by atoms with van der Waals surface area (Å²) in [5, 5.41) is 9.10. The molecular formula is C10H23NO2. The van der Waals surface area contributed by atoms with E-state index in [9.17, 15) is 0 Å². The van der Waals surface area contributed by atoms with E-state index < -0.39 is 0 Å². The van der Waals surface area contributed by atoms with Gasteiger partial charge in [-0.1, -0.05) is 0 Å². The maximum absolute atomic E-state index is 9.10. The molecule has 1 unspecified atom stereocenters. The predicted molar refractivity (Wildman–Crippen MR) is 54.9 cm³/mol. The van der Waals surface area contributed by atoms with E-state index in [-0.39, 0.29) is 11.7 Å². The fraction of sp³-hybridized carbons (Fsp3) is 1.00. The maximum Gasteiger partial charge on any atom is 0.0638 e. The number of aliphatic hydroxyl groups is 1. The van der Waals surface area contributed by atoms with Gasteiger partial charge < -0.3 is 14.7 Å². The monoisotopic (exact) mass is 189 g/mol. The third-order valence-corrected chi connectivity index (χ3v) is 1.58. The molecule has 3 heteroatoms. The Morgan fingerprint density at radius 3 is 2.31 bits per heavy atom. The molecule has 0 aliphatic rings. The minimum atomic E-state index is -0.264. The van der Waals surface area contributed by atoms with E-state index in [0.717, 1.165) is 6.54 Å². The number of likely N-dealkylation sites (N-methyl/N-ethyl adjacent to an activating group) is 1. The average molecular weight is 189 g/mol. The Morgan fingerprint density at radius 1 is 1.38 bits per heavy atom. The molecular weight excluding hydrogens is 166 g/mol. The molecule has 0 saturated carbocycles. The Balaban J connectivity index is 3.42. The fourth-order valence-electron chi connectivity index (χ4n) is 1.05. The van der Waals surface area contributed by atoms with Crippen LogP contribution < -0.4 is 0 Å². The van der Waals surface area contributed by atoms with Crippen LogP contribution in [0.25, 0.3) is 0 Å². The molecule has 0 aromatic rings. The van der Waals surface area contributed by atoms with Gasteiger partial charge in [-0.3, -0.25) is 0 Å². The Morgan fingerprint density at radius 2 is 1.92 bits per heavy atom. The lowest BCUT2D eigenvalue weighted by atomic mass is 10.2. The zero-order valence-corrected chi connectivity index (χ0v) is 9.50. The topological polar surface area (TPSA) is 32.7 Å². The first-order valence-corrected chi connectivity index (χ1v) is 4.82. The summed E-state index contributed by atoms with van der Waals surface area (Å²) >= 11 is 0. The zero-order chi connectivity index (χ0) is 10.5. The highest BCUT2D eigenvalue weighted by molar-refractivity contribution is 4.60. The van der Waals surface area contributed by atoms with Crippen LogP contribution in [0.15, 0.2) is 0 Å². The number of hydrogen-bond donors (Lipinski definition) is 1. The van der Waals surface area contributed by atoms with E-state index in [1.165, 1.54) is 0 Å². The summed E-state index contributed by atoms with van der Waals surface area (Å²) in [6, 6.07) is 0. The van der Waals surface area contributed by atoms with Crippen molar-refractivity contribution in [2.24, 2.45) is 0 Å². The maximum atomic E-state index is 9.10. The molecule has 0 aliphatic carbocycles. The van der Waals surface area contributed by atoms with E-state index in [0.29, 0.717) is 13.2 Å². The van der Waals surface area contributed by atoms with Gasteiger partial charge in [-0.15, -0.1) is 0 Å². The Labute approximate surface area is 81.7 Å². The molecule has 0 bridgehead atoms. The van der Waals surface area contributed by atoms with Crippen molar-refractivity contribution < 1.29 is 9.84 Å². The Bertz CT molecular complexity index is 129. The van der Waals surface area contributed by atoms with Crippen LogP contribution in [0.2, 0.25) is 0 Å². The molecule has 0 radical (unpaired) electrons. The van der Waals surface area contributed by atoms with E-state index in [1.807, 2.05) is 27.8 Å². The van der Waals surface area contributed by atoms with Crippen molar-refractivity contribution in [3.8, 4) is 0 Å². The van der Waals surface area contributed by atoms with Gasteiger partial charge in [0.05, 0.1) is 18.3 Å². The molecule has 0 aromatic heterocycles. The average Bonchev–Trinajstić information content (AvgIpc) is 1.81. The molecule has 0 fully saturated rings. The van der Waals surface area contributed by atoms with Crippen LogP contribution in [0, 0.1) is 0 Å². The summed E-state index contributed by atoms with van der Waals surface area (Å²) in [6.45, 7) is 10.2. The molecule has 0 rings (SSSR count). The normalized spacial score (nSPS) is 15.0. The zero-order valence-electron chi connectivity index (χ0n) is 9.50. The second-order valence-electron chi connectivity index (χ2n) is 4.57. The molecule has 0 heterocycles. The Hall–Kier alpha value is -0.120. The molecule has 1 atom stereocenters. The lowest BCUT2D eigenvalue weighted by Crippen LogP contribution is -2.32. The van der Waals surface area contributed by atoms with Gasteiger partial charge in [0.15, 0.2) is 0 Å². The van der Waals surface area contributed by atoms with Gasteiger partial charge in [0.1, 0.15) is 0 Å². The van der Waals surface area contributed by atoms with Crippen molar-refractivity contribution in [1.82, 2.24) is 4.90 Å². The van der Waals surface area contributed by atoms with Crippen molar-refractivity contribution >= 4 is 0 Å². The van der Waals surface area contributed by atoms with Gasteiger partial charge in [-0.05, 0) is 34.7 Å². The van der Waals surface area contributed by atoms with E-state index >= 15 is 0 Å². The smallest absolute Gasteiger partial charge is 0.0638 e. The molecule has 0 amide bonds. The SMILES string of the molecule is CC(O)CN(C)CCOC(C)(C)C. The van der Waals surface area contributed by atoms with Crippen molar-refractivity contribution in [2.45, 2.75) is 39.4 Å². The molecule has 3 nitrogen and oxygen atoms in total. The lowest BCUT2D eigenvalue weighted by Gasteiger charge is -2.23. The first kappa shape index (κ1) is 12.9. The van der Waals surface area contributed by atoms with Crippen LogP contribution in [0.3, 0.4) is 0 Å². The van der Waals surface area contributed by atoms with Crippen LogP contribution in [-0.4, -0.2) is 48.5 Å². The van der Waals surface area contributed by atoms with E-state index in [4.69, 9.17) is 9.84 Å². The quantitative estimate of drug-likeness (QED) is 0.703. The van der Waals surface area contributed by atoms with Gasteiger partial charge in [-0.2, -0.15) is 0 Å². The molecule has 0 saturated heterocycles. The van der Waals surface area contributed by atoms with Crippen molar-refractivity contribution in [3.63, 3.8) is 0 Å². The fourth-order valence-corrected chi connectivity index (χ4v) is 1.05. The van der Waals surface area contributed by atoms with Crippen LogP contribution in [-0.2, 0) is 4.74 Å². The highest BCUT2D eigenvalue weighted by Gasteiger charge is 2.10. The number of rotatable bonds is 5. The van der Waals surface area contributed by atoms with Crippen LogP contribution in [0.4, 0.5) is 0 Å². The third kappa shape index (κ3) is 9.80. The summed E-state index contributed by atoms with van der Waals surface area (Å²) < 4.78 is 5.56. The van der Waals surface area contributed by atoms with E-state index in [1.54, 1.807) is 6.92 Å². The molecule has 1 N–H and O–H groups in total. The highest BCUT2D eigenvalue weighted by atomic mass is 16.5. The first-order valence-electron chi connectivity index (χ1n) is 4.82. The summed E-state index contributed by atoms with van der Waals surface area (Å²) in [5.74, 6) is 0. The summed E-state index contributed by atoms with van der Waals surface area (Å²) in [5.41, 5.74) is -0.0638. The van der Waals surface area contributed by atoms with Crippen molar-refractivity contribution in [3.05, 3.63) is 0 Å². The van der Waals surface area contributed by atoms with Crippen LogP contribution in [0.5, 0.6) is 0 Å². The van der Waals surface area contributed by atoms with Gasteiger partial charge in [0, 0.05) is 13.1 Å². The summed E-state index contributed by atoms with van der Waals surface area (Å²) in [4.78, 5) is 2.07. The minimum Gasteiger partial charge on any atom is -0.392 e. The van der Waals surface area contributed by atoms with Gasteiger partial charge in [0.2, 0.25) is 0 Å². The molecule has 80 valence electrons.